The van der Waals surface area contributed by atoms with Gasteiger partial charge in [-0.1, -0.05) is 109 Å². The lowest BCUT2D eigenvalue weighted by Crippen LogP contribution is -2.30. The number of allylic oxidation sites excluding steroid dienone is 4. The van der Waals surface area contributed by atoms with Crippen molar-refractivity contribution in [2.75, 3.05) is 0 Å². The predicted molar refractivity (Wildman–Crippen MR) is 152 cm³/mol. The van der Waals surface area contributed by atoms with E-state index in [4.69, 9.17) is 11.6 Å². The molecule has 0 aliphatic heterocycles. The number of benzene rings is 4. The minimum atomic E-state index is 0.119. The summed E-state index contributed by atoms with van der Waals surface area (Å²) in [5.74, 6) is 0.895. The molecule has 0 amide bonds. The zero-order valence-electron chi connectivity index (χ0n) is 19.0. The van der Waals surface area contributed by atoms with Gasteiger partial charge in [-0.15, -0.1) is 0 Å². The molecular weight excluding hydrogens is 559 g/mol. The fraction of sp³-hybridized carbons (Fsp3) is 0.152. The Labute approximate surface area is 224 Å². The third-order valence-corrected chi connectivity index (χ3v) is 10.4. The van der Waals surface area contributed by atoms with E-state index in [1.54, 1.807) is 0 Å². The topological polar surface area (TPSA) is 0 Å². The molecule has 0 unspecified atom stereocenters. The summed E-state index contributed by atoms with van der Waals surface area (Å²) >= 11 is 10.2. The van der Waals surface area contributed by atoms with Crippen LogP contribution in [0.3, 0.4) is 0 Å². The van der Waals surface area contributed by atoms with Crippen LogP contribution in [0.2, 0.25) is 0 Å². The molecular formula is C33H22ClI. The van der Waals surface area contributed by atoms with Crippen LogP contribution in [0, 0.1) is 0 Å². The second kappa shape index (κ2) is 7.44. The van der Waals surface area contributed by atoms with Gasteiger partial charge in [0.1, 0.15) is 0 Å². The lowest BCUT2D eigenvalue weighted by Gasteiger charge is -2.45. The molecule has 2 atom stereocenters. The molecule has 2 heteroatoms. The molecule has 10 rings (SSSR count). The number of halogens is 2. The van der Waals surface area contributed by atoms with E-state index in [1.807, 2.05) is 0 Å². The van der Waals surface area contributed by atoms with Gasteiger partial charge in [-0.2, -0.15) is 0 Å². The first kappa shape index (κ1) is 20.6. The summed E-state index contributed by atoms with van der Waals surface area (Å²) < 4.78 is 1.47. The third kappa shape index (κ3) is 2.64. The van der Waals surface area contributed by atoms with Crippen LogP contribution in [0.4, 0.5) is 0 Å². The molecule has 6 aliphatic rings. The molecule has 0 saturated heterocycles. The molecule has 4 aromatic rings. The van der Waals surface area contributed by atoms with Gasteiger partial charge in [-0.3, -0.25) is 0 Å². The van der Waals surface area contributed by atoms with Crippen molar-refractivity contribution in [1.82, 2.24) is 0 Å². The molecule has 35 heavy (non-hydrogen) atoms. The Kier molecular flexibility index (Phi) is 4.37. The van der Waals surface area contributed by atoms with Gasteiger partial charge in [0.15, 0.2) is 0 Å². The van der Waals surface area contributed by atoms with Crippen molar-refractivity contribution in [1.29, 1.82) is 0 Å². The van der Waals surface area contributed by atoms with E-state index in [2.05, 4.69) is 120 Å². The van der Waals surface area contributed by atoms with E-state index >= 15 is 0 Å². The largest absolute Gasteiger partial charge is 0.0878 e. The van der Waals surface area contributed by atoms with Crippen molar-refractivity contribution in [3.8, 4) is 0 Å². The van der Waals surface area contributed by atoms with Crippen LogP contribution in [0.25, 0.3) is 0 Å². The first-order chi connectivity index (χ1) is 17.2. The number of hydrogen-bond donors (Lipinski definition) is 0. The van der Waals surface area contributed by atoms with Crippen LogP contribution in [-0.2, 0) is 6.42 Å². The third-order valence-electron chi connectivity index (χ3n) is 8.65. The molecule has 0 radical (unpaired) electrons. The second-order valence-corrected chi connectivity index (χ2v) is 11.7. The summed E-state index contributed by atoms with van der Waals surface area (Å²) in [7, 11) is 0. The highest BCUT2D eigenvalue weighted by Gasteiger charge is 2.48. The van der Waals surface area contributed by atoms with Gasteiger partial charge in [0.05, 0.1) is 0 Å². The van der Waals surface area contributed by atoms with E-state index < -0.39 is 0 Å². The van der Waals surface area contributed by atoms with Gasteiger partial charge >= 0.3 is 0 Å². The molecule has 4 aromatic carbocycles. The Morgan fingerprint density at radius 1 is 0.514 bits per heavy atom. The zero-order chi connectivity index (χ0) is 23.3. The van der Waals surface area contributed by atoms with Gasteiger partial charge in [0.2, 0.25) is 0 Å². The van der Waals surface area contributed by atoms with Gasteiger partial charge in [-0.25, -0.2) is 0 Å². The van der Waals surface area contributed by atoms with Crippen molar-refractivity contribution >= 4 is 34.2 Å². The molecule has 6 aliphatic carbocycles. The van der Waals surface area contributed by atoms with Gasteiger partial charge in [0, 0.05) is 32.3 Å². The Hall–Kier alpha value is -2.62. The highest BCUT2D eigenvalue weighted by Crippen LogP contribution is 2.63. The fourth-order valence-corrected chi connectivity index (χ4v) is 8.91. The van der Waals surface area contributed by atoms with Crippen molar-refractivity contribution in [3.63, 3.8) is 0 Å². The van der Waals surface area contributed by atoms with Crippen molar-refractivity contribution in [2.24, 2.45) is 0 Å². The van der Waals surface area contributed by atoms with E-state index in [1.165, 1.54) is 59.2 Å². The predicted octanol–water partition coefficient (Wildman–Crippen LogP) is 8.94. The Balaban J connectivity index is 1.45. The van der Waals surface area contributed by atoms with Gasteiger partial charge < -0.3 is 0 Å². The normalized spacial score (nSPS) is 25.1. The summed E-state index contributed by atoms with van der Waals surface area (Å²) in [6.07, 6.45) is 1.05. The second-order valence-electron chi connectivity index (χ2n) is 10.2. The molecule has 0 spiro atoms. The minimum absolute atomic E-state index is 0.119. The van der Waals surface area contributed by atoms with Crippen LogP contribution in [0.1, 0.15) is 68.2 Å². The number of hydrogen-bond acceptors (Lipinski definition) is 0. The summed E-state index contributed by atoms with van der Waals surface area (Å²) in [6, 6.07) is 36.1. The van der Waals surface area contributed by atoms with Crippen LogP contribution >= 0.6 is 34.2 Å². The average Bonchev–Trinajstić information content (AvgIpc) is 3.12. The SMILES string of the molecule is ClC1=C(C2=C(I)[C@@H]3Cc4ccccc4[C@H]2c2ccccc23)C2c3ccccc3C1c1ccccc12. The van der Waals surface area contributed by atoms with E-state index in [0.717, 1.165) is 11.5 Å². The molecule has 4 bridgehead atoms. The first-order valence-electron chi connectivity index (χ1n) is 12.4. The minimum Gasteiger partial charge on any atom is -0.0878 e. The quantitative estimate of drug-likeness (QED) is 0.197. The fourth-order valence-electron chi connectivity index (χ4n) is 7.31. The van der Waals surface area contributed by atoms with Crippen LogP contribution in [0.5, 0.6) is 0 Å². The summed E-state index contributed by atoms with van der Waals surface area (Å²) in [5.41, 5.74) is 14.3. The standard InChI is InChI=1S/C33H22ClI/c34-32-29-24-15-7-5-13-22(24)28(23-14-6-8-16-25(23)29)30(32)31-27-19-10-2-1-9-18(19)17-26(33(31)35)20-11-3-4-12-21(20)27/h1-16,26-29H,17H2/t26-,27+,28?,29?/m1/s1. The molecule has 0 saturated carbocycles. The smallest absolute Gasteiger partial charge is 0.0456 e. The zero-order valence-corrected chi connectivity index (χ0v) is 21.9. The maximum atomic E-state index is 7.52. The van der Waals surface area contributed by atoms with Crippen molar-refractivity contribution in [3.05, 3.63) is 161 Å². The van der Waals surface area contributed by atoms with Crippen LogP contribution < -0.4 is 0 Å². The van der Waals surface area contributed by atoms with E-state index in [0.29, 0.717) is 5.92 Å². The number of fused-ring (bicyclic) bond motifs is 1. The first-order valence-corrected chi connectivity index (χ1v) is 13.8. The highest BCUT2D eigenvalue weighted by atomic mass is 127. The summed E-state index contributed by atoms with van der Waals surface area (Å²) in [6.45, 7) is 0. The highest BCUT2D eigenvalue weighted by molar-refractivity contribution is 14.1. The van der Waals surface area contributed by atoms with Gasteiger partial charge in [-0.05, 0) is 84.7 Å². The Morgan fingerprint density at radius 2 is 0.943 bits per heavy atom. The maximum absolute atomic E-state index is 7.52. The molecule has 0 fully saturated rings. The van der Waals surface area contributed by atoms with Crippen molar-refractivity contribution < 1.29 is 0 Å². The molecule has 0 N–H and O–H groups in total. The lowest BCUT2D eigenvalue weighted by molar-refractivity contribution is 0.729. The van der Waals surface area contributed by atoms with E-state index in [9.17, 15) is 0 Å². The van der Waals surface area contributed by atoms with Crippen LogP contribution in [-0.4, -0.2) is 0 Å². The number of rotatable bonds is 1. The molecule has 0 aromatic heterocycles. The van der Waals surface area contributed by atoms with Gasteiger partial charge in [0.25, 0.3) is 0 Å². The van der Waals surface area contributed by atoms with Crippen LogP contribution in [0.15, 0.2) is 117 Å². The summed E-state index contributed by atoms with van der Waals surface area (Å²) in [5, 5.41) is 1.03. The maximum Gasteiger partial charge on any atom is 0.0456 e. The summed E-state index contributed by atoms with van der Waals surface area (Å²) in [4.78, 5) is 0. The van der Waals surface area contributed by atoms with E-state index in [-0.39, 0.29) is 17.8 Å². The average molecular weight is 581 g/mol. The molecule has 0 nitrogen and oxygen atoms in total. The monoisotopic (exact) mass is 580 g/mol. The Morgan fingerprint density at radius 3 is 1.54 bits per heavy atom. The molecule has 168 valence electrons. The lowest BCUT2D eigenvalue weighted by atomic mass is 9.60. The Bertz CT molecular complexity index is 1570. The molecule has 0 heterocycles. The van der Waals surface area contributed by atoms with Crippen molar-refractivity contribution in [2.45, 2.75) is 30.1 Å².